The van der Waals surface area contributed by atoms with Crippen LogP contribution in [0, 0.1) is 0 Å². The van der Waals surface area contributed by atoms with Gasteiger partial charge in [-0.1, -0.05) is 23.7 Å². The van der Waals surface area contributed by atoms with Crippen LogP contribution in [0.15, 0.2) is 18.2 Å². The Balaban J connectivity index is 0.00000128. The Hall–Kier alpha value is -0.700. The van der Waals surface area contributed by atoms with Gasteiger partial charge in [0.25, 0.3) is 0 Å². The zero-order valence-electron chi connectivity index (χ0n) is 9.13. The smallest absolute Gasteiger partial charge is 0.137 e. The summed E-state index contributed by atoms with van der Waals surface area (Å²) in [5.74, 6) is 0.744. The van der Waals surface area contributed by atoms with E-state index in [9.17, 15) is 0 Å². The number of hydrogen-bond acceptors (Lipinski definition) is 2. The number of hydrogen-bond donors (Lipinski definition) is 1. The summed E-state index contributed by atoms with van der Waals surface area (Å²) in [6.07, 6.45) is 4.16. The van der Waals surface area contributed by atoms with Crippen LogP contribution in [0.2, 0.25) is 5.02 Å². The summed E-state index contributed by atoms with van der Waals surface area (Å²) in [6.45, 7) is 0.565. The fourth-order valence-electron chi connectivity index (χ4n) is 2.00. The highest BCUT2D eigenvalue weighted by Gasteiger charge is 2.16. The molecule has 1 aliphatic carbocycles. The molecule has 0 saturated heterocycles. The molecule has 0 bridgehead atoms. The fraction of sp³-hybridized carbons (Fsp3) is 0.333. The maximum atomic E-state index is 6.26. The minimum Gasteiger partial charge on any atom is -0.495 e. The first-order valence-corrected chi connectivity index (χ1v) is 5.40. The molecule has 0 aliphatic heterocycles. The van der Waals surface area contributed by atoms with Gasteiger partial charge in [-0.25, -0.2) is 0 Å². The lowest BCUT2D eigenvalue weighted by Crippen LogP contribution is -2.09. The first kappa shape index (κ1) is 13.4. The molecule has 0 amide bonds. The molecule has 1 aromatic carbocycles. The van der Waals surface area contributed by atoms with Crippen molar-refractivity contribution >= 4 is 29.6 Å². The lowest BCUT2D eigenvalue weighted by Gasteiger charge is -2.19. The topological polar surface area (TPSA) is 35.2 Å². The van der Waals surface area contributed by atoms with E-state index in [0.29, 0.717) is 6.54 Å². The summed E-state index contributed by atoms with van der Waals surface area (Å²) in [6, 6.07) is 3.94. The van der Waals surface area contributed by atoms with E-state index in [2.05, 4.69) is 6.08 Å². The van der Waals surface area contributed by atoms with Crippen LogP contribution in [0.25, 0.3) is 5.57 Å². The van der Waals surface area contributed by atoms with Crippen LogP contribution in [-0.4, -0.2) is 13.7 Å². The highest BCUT2D eigenvalue weighted by Crippen LogP contribution is 2.36. The molecule has 0 fully saturated rings. The minimum atomic E-state index is 0. The predicted octanol–water partition coefficient (Wildman–Crippen LogP) is 3.06. The zero-order chi connectivity index (χ0) is 10.8. The molecule has 2 rings (SSSR count). The Morgan fingerprint density at radius 1 is 1.44 bits per heavy atom. The van der Waals surface area contributed by atoms with Crippen LogP contribution in [0.4, 0.5) is 0 Å². The van der Waals surface area contributed by atoms with Gasteiger partial charge in [0.1, 0.15) is 5.75 Å². The number of fused-ring (bicyclic) bond motifs is 1. The summed E-state index contributed by atoms with van der Waals surface area (Å²) < 4.78 is 5.20. The largest absolute Gasteiger partial charge is 0.495 e. The van der Waals surface area contributed by atoms with Crippen LogP contribution >= 0.6 is 24.0 Å². The van der Waals surface area contributed by atoms with Crippen molar-refractivity contribution in [1.82, 2.24) is 0 Å². The van der Waals surface area contributed by atoms with E-state index in [-0.39, 0.29) is 12.4 Å². The average Bonchev–Trinajstić information content (AvgIpc) is 2.29. The number of ether oxygens (including phenoxy) is 1. The van der Waals surface area contributed by atoms with Crippen molar-refractivity contribution in [3.63, 3.8) is 0 Å². The van der Waals surface area contributed by atoms with E-state index >= 15 is 0 Å². The van der Waals surface area contributed by atoms with Crippen molar-refractivity contribution in [3.8, 4) is 5.75 Å². The van der Waals surface area contributed by atoms with Gasteiger partial charge >= 0.3 is 0 Å². The molecule has 0 radical (unpaired) electrons. The molecule has 0 spiro atoms. The Kier molecular flexibility index (Phi) is 4.66. The molecule has 0 saturated carbocycles. The number of benzene rings is 1. The van der Waals surface area contributed by atoms with Gasteiger partial charge in [0, 0.05) is 6.54 Å². The summed E-state index contributed by atoms with van der Waals surface area (Å²) in [7, 11) is 1.64. The first-order valence-electron chi connectivity index (χ1n) is 5.02. The third-order valence-electron chi connectivity index (χ3n) is 2.78. The van der Waals surface area contributed by atoms with Gasteiger partial charge in [-0.15, -0.1) is 12.4 Å². The SMILES string of the molecule is COc1ccc2c(c1Cl)CCC=C2CN.Cl. The normalized spacial score (nSPS) is 13.6. The van der Waals surface area contributed by atoms with E-state index in [1.165, 1.54) is 16.7 Å². The Bertz CT molecular complexity index is 416. The predicted molar refractivity (Wildman–Crippen MR) is 70.6 cm³/mol. The van der Waals surface area contributed by atoms with Crippen LogP contribution in [-0.2, 0) is 6.42 Å². The maximum Gasteiger partial charge on any atom is 0.137 e. The number of allylic oxidation sites excluding steroid dienone is 1. The van der Waals surface area contributed by atoms with Crippen LogP contribution in [0.1, 0.15) is 17.5 Å². The molecular formula is C12H15Cl2NO. The van der Waals surface area contributed by atoms with Crippen molar-refractivity contribution in [2.24, 2.45) is 5.73 Å². The molecule has 2 N–H and O–H groups in total. The van der Waals surface area contributed by atoms with Crippen LogP contribution in [0.3, 0.4) is 0 Å². The third kappa shape index (κ3) is 2.19. The summed E-state index contributed by atoms with van der Waals surface area (Å²) >= 11 is 6.26. The molecule has 0 atom stereocenters. The van der Waals surface area contributed by atoms with Crippen molar-refractivity contribution in [2.45, 2.75) is 12.8 Å². The molecule has 1 aliphatic rings. The Labute approximate surface area is 107 Å². The lowest BCUT2D eigenvalue weighted by molar-refractivity contribution is 0.414. The summed E-state index contributed by atoms with van der Waals surface area (Å²) in [4.78, 5) is 0. The number of nitrogens with two attached hydrogens (primary N) is 1. The highest BCUT2D eigenvalue weighted by atomic mass is 35.5. The second kappa shape index (κ2) is 5.58. The van der Waals surface area contributed by atoms with Gasteiger partial charge in [0.2, 0.25) is 0 Å². The number of methoxy groups -OCH3 is 1. The number of halogens is 2. The van der Waals surface area contributed by atoms with Crippen LogP contribution < -0.4 is 10.5 Å². The highest BCUT2D eigenvalue weighted by molar-refractivity contribution is 6.33. The van der Waals surface area contributed by atoms with Gasteiger partial charge in [0.15, 0.2) is 0 Å². The van der Waals surface area contributed by atoms with Crippen molar-refractivity contribution in [3.05, 3.63) is 34.4 Å². The second-order valence-electron chi connectivity index (χ2n) is 3.58. The molecule has 2 nitrogen and oxygen atoms in total. The molecule has 16 heavy (non-hydrogen) atoms. The molecule has 88 valence electrons. The quantitative estimate of drug-likeness (QED) is 0.886. The van der Waals surface area contributed by atoms with Gasteiger partial charge in [-0.2, -0.15) is 0 Å². The molecule has 0 aromatic heterocycles. The average molecular weight is 260 g/mol. The summed E-state index contributed by atoms with van der Waals surface area (Å²) in [5.41, 5.74) is 9.22. The molecule has 4 heteroatoms. The van der Waals surface area contributed by atoms with Gasteiger partial charge in [0.05, 0.1) is 12.1 Å². The zero-order valence-corrected chi connectivity index (χ0v) is 10.7. The maximum absolute atomic E-state index is 6.26. The summed E-state index contributed by atoms with van der Waals surface area (Å²) in [5, 5.41) is 0.731. The molecule has 0 heterocycles. The molecule has 0 unspecified atom stereocenters. The van der Waals surface area contributed by atoms with E-state index in [1.807, 2.05) is 12.1 Å². The van der Waals surface area contributed by atoms with E-state index in [1.54, 1.807) is 7.11 Å². The first-order chi connectivity index (χ1) is 7.27. The molecular weight excluding hydrogens is 245 g/mol. The second-order valence-corrected chi connectivity index (χ2v) is 3.96. The fourth-order valence-corrected chi connectivity index (χ4v) is 2.33. The Morgan fingerprint density at radius 3 is 2.81 bits per heavy atom. The van der Waals surface area contributed by atoms with Gasteiger partial charge < -0.3 is 10.5 Å². The van der Waals surface area contributed by atoms with E-state index in [4.69, 9.17) is 22.1 Å². The Morgan fingerprint density at radius 2 is 2.19 bits per heavy atom. The molecule has 1 aromatic rings. The van der Waals surface area contributed by atoms with E-state index in [0.717, 1.165) is 23.6 Å². The van der Waals surface area contributed by atoms with Gasteiger partial charge in [-0.3, -0.25) is 0 Å². The van der Waals surface area contributed by atoms with Gasteiger partial charge in [-0.05, 0) is 35.6 Å². The number of rotatable bonds is 2. The monoisotopic (exact) mass is 259 g/mol. The van der Waals surface area contributed by atoms with Crippen LogP contribution in [0.5, 0.6) is 5.75 Å². The third-order valence-corrected chi connectivity index (χ3v) is 3.19. The van der Waals surface area contributed by atoms with Crippen molar-refractivity contribution in [2.75, 3.05) is 13.7 Å². The van der Waals surface area contributed by atoms with Crippen molar-refractivity contribution < 1.29 is 4.74 Å². The van der Waals surface area contributed by atoms with E-state index < -0.39 is 0 Å². The lowest BCUT2D eigenvalue weighted by atomic mass is 9.90. The standard InChI is InChI=1S/C12H14ClNO.ClH/c1-15-11-6-5-9-8(7-14)3-2-4-10(9)12(11)13;/h3,5-6H,2,4,7,14H2,1H3;1H. The minimum absolute atomic E-state index is 0. The van der Waals surface area contributed by atoms with Crippen molar-refractivity contribution in [1.29, 1.82) is 0 Å².